The van der Waals surface area contributed by atoms with Crippen LogP contribution in [0.2, 0.25) is 0 Å². The third-order valence-electron chi connectivity index (χ3n) is 1.40. The Bertz CT molecular complexity index is 86.9. The molecule has 0 aromatic rings. The van der Waals surface area contributed by atoms with Crippen LogP contribution in [0, 0.1) is 5.92 Å². The van der Waals surface area contributed by atoms with Gasteiger partial charge in [0.1, 0.15) is 0 Å². The van der Waals surface area contributed by atoms with E-state index in [0.717, 1.165) is 18.8 Å². The summed E-state index contributed by atoms with van der Waals surface area (Å²) >= 11 is 0. The van der Waals surface area contributed by atoms with Crippen LogP contribution in [-0.2, 0) is 4.79 Å². The van der Waals surface area contributed by atoms with Gasteiger partial charge in [-0.1, -0.05) is 13.8 Å². The van der Waals surface area contributed by atoms with Crippen molar-refractivity contribution >= 4 is 5.91 Å². The lowest BCUT2D eigenvalue weighted by atomic mass is 10.0. The average Bonchev–Trinajstić information content (AvgIpc) is 1.90. The summed E-state index contributed by atoms with van der Waals surface area (Å²) in [4.78, 5) is 10.8. The second-order valence-electron chi connectivity index (χ2n) is 1.89. The zero-order chi connectivity index (χ0) is 7.28. The maximum Gasteiger partial charge on any atom is 0.227 e. The minimum absolute atomic E-state index is 0.0833. The quantitative estimate of drug-likeness (QED) is 0.606. The lowest BCUT2D eigenvalue weighted by Crippen LogP contribution is -2.24. The van der Waals surface area contributed by atoms with Gasteiger partial charge in [0.2, 0.25) is 5.91 Å². The molecule has 1 amide bonds. The molecule has 2 nitrogen and oxygen atoms in total. The van der Waals surface area contributed by atoms with Gasteiger partial charge in [-0.3, -0.25) is 4.79 Å². The molecule has 0 heterocycles. The molecule has 0 saturated heterocycles. The zero-order valence-corrected chi connectivity index (χ0v) is 6.32. The van der Waals surface area contributed by atoms with E-state index in [4.69, 9.17) is 0 Å². The first kappa shape index (κ1) is 8.47. The fraction of sp³-hybridized carbons (Fsp3) is 0.714. The highest BCUT2D eigenvalue weighted by molar-refractivity contribution is 5.89. The van der Waals surface area contributed by atoms with Crippen LogP contribution in [0.3, 0.4) is 0 Å². The third-order valence-corrected chi connectivity index (χ3v) is 1.40. The minimum atomic E-state index is 0.0833. The predicted molar refractivity (Wildman–Crippen MR) is 37.9 cm³/mol. The van der Waals surface area contributed by atoms with Gasteiger partial charge < -0.3 is 5.32 Å². The van der Waals surface area contributed by atoms with E-state index in [9.17, 15) is 4.79 Å². The van der Waals surface area contributed by atoms with Crippen molar-refractivity contribution in [3.63, 3.8) is 0 Å². The summed E-state index contributed by atoms with van der Waals surface area (Å²) in [5.74, 6) is 1.05. The molecule has 0 bridgehead atoms. The van der Waals surface area contributed by atoms with Crippen LogP contribution in [0.15, 0.2) is 0 Å². The number of amides is 1. The van der Waals surface area contributed by atoms with E-state index in [1.54, 1.807) is 7.05 Å². The van der Waals surface area contributed by atoms with Crippen molar-refractivity contribution in [1.29, 1.82) is 0 Å². The normalized spacial score (nSPS) is 9.78. The monoisotopic (exact) mass is 128 g/mol. The molecule has 0 atom stereocenters. The molecule has 0 aliphatic heterocycles. The second kappa shape index (κ2) is 4.36. The Labute approximate surface area is 56.6 Å². The highest BCUT2D eigenvalue weighted by Gasteiger charge is 2.11. The van der Waals surface area contributed by atoms with Crippen LogP contribution in [0.5, 0.6) is 0 Å². The van der Waals surface area contributed by atoms with Crippen molar-refractivity contribution in [2.45, 2.75) is 26.7 Å². The maximum absolute atomic E-state index is 10.8. The molecular formula is C7H14NO. The average molecular weight is 128 g/mol. The van der Waals surface area contributed by atoms with E-state index in [-0.39, 0.29) is 5.91 Å². The largest absolute Gasteiger partial charge is 0.359 e. The van der Waals surface area contributed by atoms with Gasteiger partial charge in [-0.05, 0) is 12.8 Å². The molecule has 1 radical (unpaired) electrons. The summed E-state index contributed by atoms with van der Waals surface area (Å²) in [6.07, 6.45) is 1.71. The molecular weight excluding hydrogens is 114 g/mol. The molecule has 9 heavy (non-hydrogen) atoms. The minimum Gasteiger partial charge on any atom is -0.359 e. The molecule has 0 unspecified atom stereocenters. The summed E-state index contributed by atoms with van der Waals surface area (Å²) in [5, 5.41) is 2.59. The SMILES string of the molecule is CC[C](CC)C(=O)NC. The van der Waals surface area contributed by atoms with Gasteiger partial charge in [0.15, 0.2) is 0 Å². The molecule has 0 aromatic heterocycles. The topological polar surface area (TPSA) is 29.1 Å². The lowest BCUT2D eigenvalue weighted by molar-refractivity contribution is -0.119. The van der Waals surface area contributed by atoms with E-state index in [1.165, 1.54) is 0 Å². The zero-order valence-electron chi connectivity index (χ0n) is 6.32. The first-order valence-corrected chi connectivity index (χ1v) is 3.33. The fourth-order valence-electron chi connectivity index (χ4n) is 0.748. The van der Waals surface area contributed by atoms with Crippen molar-refractivity contribution < 1.29 is 4.79 Å². The number of hydrogen-bond donors (Lipinski definition) is 1. The standard InChI is InChI=1S/C7H14NO/c1-4-6(5-2)7(9)8-3/h4-5H2,1-3H3,(H,8,9). The Balaban J connectivity index is 3.64. The summed E-state index contributed by atoms with van der Waals surface area (Å²) in [6.45, 7) is 3.99. The van der Waals surface area contributed by atoms with Crippen LogP contribution in [-0.4, -0.2) is 13.0 Å². The van der Waals surface area contributed by atoms with Crippen LogP contribution >= 0.6 is 0 Å². The maximum atomic E-state index is 10.8. The lowest BCUT2D eigenvalue weighted by Gasteiger charge is -2.07. The van der Waals surface area contributed by atoms with Gasteiger partial charge in [0.05, 0.1) is 5.92 Å². The van der Waals surface area contributed by atoms with E-state index in [1.807, 2.05) is 13.8 Å². The van der Waals surface area contributed by atoms with Gasteiger partial charge in [-0.25, -0.2) is 0 Å². The summed E-state index contributed by atoms with van der Waals surface area (Å²) in [5.41, 5.74) is 0. The summed E-state index contributed by atoms with van der Waals surface area (Å²) in [6, 6.07) is 0. The Morgan fingerprint density at radius 2 is 1.78 bits per heavy atom. The third kappa shape index (κ3) is 2.49. The Hall–Kier alpha value is -0.530. The van der Waals surface area contributed by atoms with Gasteiger partial charge >= 0.3 is 0 Å². The molecule has 0 spiro atoms. The van der Waals surface area contributed by atoms with Crippen molar-refractivity contribution in [1.82, 2.24) is 5.32 Å². The molecule has 0 fully saturated rings. The predicted octanol–water partition coefficient (Wildman–Crippen LogP) is 1.13. The van der Waals surface area contributed by atoms with Crippen LogP contribution in [0.25, 0.3) is 0 Å². The van der Waals surface area contributed by atoms with Crippen molar-refractivity contribution in [2.24, 2.45) is 0 Å². The summed E-state index contributed by atoms with van der Waals surface area (Å²) in [7, 11) is 1.66. The van der Waals surface area contributed by atoms with Crippen LogP contribution in [0.4, 0.5) is 0 Å². The van der Waals surface area contributed by atoms with Crippen LogP contribution < -0.4 is 5.32 Å². The van der Waals surface area contributed by atoms with E-state index >= 15 is 0 Å². The van der Waals surface area contributed by atoms with Gasteiger partial charge in [0.25, 0.3) is 0 Å². The first-order chi connectivity index (χ1) is 4.26. The van der Waals surface area contributed by atoms with Crippen molar-refractivity contribution in [3.05, 3.63) is 5.92 Å². The van der Waals surface area contributed by atoms with E-state index in [2.05, 4.69) is 5.32 Å². The number of hydrogen-bond acceptors (Lipinski definition) is 1. The number of carbonyl (C=O) groups is 1. The Morgan fingerprint density at radius 3 is 1.89 bits per heavy atom. The van der Waals surface area contributed by atoms with E-state index < -0.39 is 0 Å². The fourth-order valence-corrected chi connectivity index (χ4v) is 0.748. The molecule has 0 saturated carbocycles. The number of nitrogens with one attached hydrogen (secondary N) is 1. The molecule has 53 valence electrons. The second-order valence-corrected chi connectivity index (χ2v) is 1.89. The van der Waals surface area contributed by atoms with Gasteiger partial charge in [-0.15, -0.1) is 0 Å². The Kier molecular flexibility index (Phi) is 4.10. The van der Waals surface area contributed by atoms with E-state index in [0.29, 0.717) is 0 Å². The molecule has 0 aromatic carbocycles. The van der Waals surface area contributed by atoms with Gasteiger partial charge in [-0.2, -0.15) is 0 Å². The van der Waals surface area contributed by atoms with Crippen LogP contribution in [0.1, 0.15) is 26.7 Å². The molecule has 0 aliphatic rings. The van der Waals surface area contributed by atoms with Crippen molar-refractivity contribution in [2.75, 3.05) is 7.05 Å². The summed E-state index contributed by atoms with van der Waals surface area (Å²) < 4.78 is 0. The van der Waals surface area contributed by atoms with Crippen molar-refractivity contribution in [3.8, 4) is 0 Å². The van der Waals surface area contributed by atoms with Gasteiger partial charge in [0, 0.05) is 7.05 Å². The molecule has 1 N–H and O–H groups in total. The molecule has 2 heteroatoms. The highest BCUT2D eigenvalue weighted by Crippen LogP contribution is 2.08. The molecule has 0 rings (SSSR count). The first-order valence-electron chi connectivity index (χ1n) is 3.33. The number of rotatable bonds is 3. The molecule has 0 aliphatic carbocycles. The Morgan fingerprint density at radius 1 is 1.33 bits per heavy atom. The number of carbonyl (C=O) groups excluding carboxylic acids is 1. The highest BCUT2D eigenvalue weighted by atomic mass is 16.1. The smallest absolute Gasteiger partial charge is 0.227 e.